The number of benzene rings is 3. The molecule has 0 unspecified atom stereocenters. The van der Waals surface area contributed by atoms with Crippen LogP contribution in [0.3, 0.4) is 0 Å². The van der Waals surface area contributed by atoms with Crippen LogP contribution >= 0.6 is 0 Å². The summed E-state index contributed by atoms with van der Waals surface area (Å²) in [5.74, 6) is -1.34. The minimum Gasteiger partial charge on any atom is -0.480 e. The number of nitrogens with zero attached hydrogens (tertiary/aromatic N) is 2. The smallest absolute Gasteiger partial charge is 0.331 e. The van der Waals surface area contributed by atoms with E-state index in [2.05, 4.69) is 27.3 Å². The van der Waals surface area contributed by atoms with Crippen LogP contribution in [0.2, 0.25) is 0 Å². The first kappa shape index (κ1) is 26.3. The maximum atomic E-state index is 13.5. The molecule has 7 nitrogen and oxygen atoms in total. The van der Waals surface area contributed by atoms with Crippen LogP contribution in [0, 0.1) is 0 Å². The molecule has 0 spiro atoms. The number of para-hydroxylation sites is 1. The summed E-state index contributed by atoms with van der Waals surface area (Å²) in [6, 6.07) is 24.9. The zero-order valence-corrected chi connectivity index (χ0v) is 21.2. The van der Waals surface area contributed by atoms with Crippen LogP contribution in [0.1, 0.15) is 43.4 Å². The number of rotatable bonds is 9. The summed E-state index contributed by atoms with van der Waals surface area (Å²) in [7, 11) is 0. The zero-order chi connectivity index (χ0) is 26.4. The number of amides is 1. The predicted molar refractivity (Wildman–Crippen MR) is 145 cm³/mol. The number of carbonyl (C=O) groups excluding carboxylic acids is 1. The molecule has 3 aromatic carbocycles. The van der Waals surface area contributed by atoms with Crippen LogP contribution in [0.4, 0.5) is 5.69 Å². The van der Waals surface area contributed by atoms with E-state index in [9.17, 15) is 19.8 Å². The van der Waals surface area contributed by atoms with Gasteiger partial charge in [0.15, 0.2) is 6.04 Å². The van der Waals surface area contributed by atoms with Gasteiger partial charge >= 0.3 is 5.97 Å². The molecule has 0 aliphatic carbocycles. The zero-order valence-electron chi connectivity index (χ0n) is 21.2. The number of carboxylic acid groups (broad SMARTS) is 1. The molecule has 0 bridgehead atoms. The number of carboxylic acids is 1. The Morgan fingerprint density at radius 3 is 2.27 bits per heavy atom. The Morgan fingerprint density at radius 1 is 1.00 bits per heavy atom. The lowest BCUT2D eigenvalue weighted by Crippen LogP contribution is -2.41. The lowest BCUT2D eigenvalue weighted by Gasteiger charge is -2.25. The number of aliphatic imine (C=N–C) groups is 1. The molecule has 2 atom stereocenters. The highest BCUT2D eigenvalue weighted by atomic mass is 16.4. The first-order valence-electron chi connectivity index (χ1n) is 12.5. The minimum absolute atomic E-state index is 0.106. The third-order valence-corrected chi connectivity index (χ3v) is 6.54. The summed E-state index contributed by atoms with van der Waals surface area (Å²) in [6.45, 7) is 4.39. The second kappa shape index (κ2) is 11.5. The van der Waals surface area contributed by atoms with Crippen molar-refractivity contribution < 1.29 is 19.8 Å². The van der Waals surface area contributed by atoms with E-state index in [1.807, 2.05) is 60.7 Å². The molecule has 1 amide bonds. The molecule has 4 rings (SSSR count). The largest absolute Gasteiger partial charge is 0.480 e. The van der Waals surface area contributed by atoms with Crippen molar-refractivity contribution in [3.05, 3.63) is 102 Å². The summed E-state index contributed by atoms with van der Waals surface area (Å²) in [6.07, 6.45) is 1.70. The summed E-state index contributed by atoms with van der Waals surface area (Å²) in [5.41, 5.74) is 1.77. The van der Waals surface area contributed by atoms with Gasteiger partial charge in [-0.1, -0.05) is 78.9 Å². The van der Waals surface area contributed by atoms with E-state index in [0.717, 1.165) is 24.9 Å². The first-order valence-corrected chi connectivity index (χ1v) is 12.5. The van der Waals surface area contributed by atoms with Gasteiger partial charge in [-0.3, -0.25) is 14.7 Å². The topological polar surface area (TPSA) is 102 Å². The van der Waals surface area contributed by atoms with Gasteiger partial charge in [-0.15, -0.1) is 0 Å². The van der Waals surface area contributed by atoms with Gasteiger partial charge in [0.1, 0.15) is 0 Å². The normalized spacial score (nSPS) is 17.4. The molecule has 0 aromatic heterocycles. The van der Waals surface area contributed by atoms with Crippen LogP contribution in [0.15, 0.2) is 89.9 Å². The SMILES string of the molecule is CC(C)(O)[C@H](N=C(c1ccccc1)c1ccccc1NC(=O)[C@@H]1CCCN1Cc1ccccc1)C(=O)O. The maximum Gasteiger partial charge on any atom is 0.331 e. The average molecular weight is 500 g/mol. The Morgan fingerprint density at radius 2 is 1.62 bits per heavy atom. The molecule has 0 radical (unpaired) electrons. The molecule has 1 heterocycles. The van der Waals surface area contributed by atoms with Crippen molar-refractivity contribution in [1.82, 2.24) is 4.90 Å². The summed E-state index contributed by atoms with van der Waals surface area (Å²) < 4.78 is 0. The lowest BCUT2D eigenvalue weighted by molar-refractivity contribution is -0.143. The van der Waals surface area contributed by atoms with Crippen molar-refractivity contribution in [1.29, 1.82) is 0 Å². The number of aliphatic carboxylic acids is 1. The highest BCUT2D eigenvalue weighted by molar-refractivity contribution is 6.17. The van der Waals surface area contributed by atoms with Crippen LogP contribution in [-0.2, 0) is 16.1 Å². The molecule has 1 aliphatic heterocycles. The molecule has 192 valence electrons. The van der Waals surface area contributed by atoms with E-state index in [1.165, 1.54) is 13.8 Å². The average Bonchev–Trinajstić information content (AvgIpc) is 3.33. The number of hydrogen-bond donors (Lipinski definition) is 3. The predicted octanol–water partition coefficient (Wildman–Crippen LogP) is 4.35. The third kappa shape index (κ3) is 6.50. The van der Waals surface area contributed by atoms with Gasteiger partial charge in [0.2, 0.25) is 5.91 Å². The van der Waals surface area contributed by atoms with E-state index in [4.69, 9.17) is 0 Å². The molecule has 1 saturated heterocycles. The number of carbonyl (C=O) groups is 2. The molecule has 37 heavy (non-hydrogen) atoms. The van der Waals surface area contributed by atoms with Crippen molar-refractivity contribution in [3.63, 3.8) is 0 Å². The molecular weight excluding hydrogens is 466 g/mol. The third-order valence-electron chi connectivity index (χ3n) is 6.54. The first-order chi connectivity index (χ1) is 17.7. The number of hydrogen-bond acceptors (Lipinski definition) is 5. The van der Waals surface area contributed by atoms with Gasteiger partial charge < -0.3 is 15.5 Å². The second-order valence-corrected chi connectivity index (χ2v) is 9.89. The lowest BCUT2D eigenvalue weighted by atomic mass is 9.96. The Kier molecular flexibility index (Phi) is 8.16. The Balaban J connectivity index is 1.67. The van der Waals surface area contributed by atoms with E-state index in [1.54, 1.807) is 12.1 Å². The van der Waals surface area contributed by atoms with E-state index < -0.39 is 17.6 Å². The van der Waals surface area contributed by atoms with Gasteiger partial charge in [-0.05, 0) is 44.9 Å². The molecule has 3 aromatic rings. The number of anilines is 1. The molecule has 1 fully saturated rings. The standard InChI is InChI=1S/C30H33N3O4/c1-30(2,37)27(29(35)36)32-26(22-14-7-4-8-15-22)23-16-9-10-17-24(23)31-28(34)25-18-11-19-33(25)20-21-12-5-3-6-13-21/h3-10,12-17,25,27,37H,11,18-20H2,1-2H3,(H,31,34)(H,35,36)/t25-,27+/m0/s1. The maximum absolute atomic E-state index is 13.5. The van der Waals surface area contributed by atoms with Gasteiger partial charge in [0.25, 0.3) is 0 Å². The van der Waals surface area contributed by atoms with E-state index in [-0.39, 0.29) is 11.9 Å². The Labute approximate surface area is 217 Å². The van der Waals surface area contributed by atoms with Crippen molar-refractivity contribution in [2.75, 3.05) is 11.9 Å². The van der Waals surface area contributed by atoms with Crippen molar-refractivity contribution in [2.45, 2.75) is 50.9 Å². The fourth-order valence-corrected chi connectivity index (χ4v) is 4.68. The van der Waals surface area contributed by atoms with Gasteiger partial charge in [0, 0.05) is 17.7 Å². The molecule has 3 N–H and O–H groups in total. The summed E-state index contributed by atoms with van der Waals surface area (Å²) in [4.78, 5) is 32.2. The van der Waals surface area contributed by atoms with Gasteiger partial charge in [-0.2, -0.15) is 0 Å². The van der Waals surface area contributed by atoms with Crippen molar-refractivity contribution >= 4 is 23.3 Å². The highest BCUT2D eigenvalue weighted by Crippen LogP contribution is 2.26. The van der Waals surface area contributed by atoms with Gasteiger partial charge in [-0.25, -0.2) is 4.79 Å². The van der Waals surface area contributed by atoms with E-state index in [0.29, 0.717) is 29.1 Å². The molecule has 0 saturated carbocycles. The fraction of sp³-hybridized carbons (Fsp3) is 0.300. The number of nitrogens with one attached hydrogen (secondary N) is 1. The summed E-state index contributed by atoms with van der Waals surface area (Å²) in [5, 5.41) is 23.4. The monoisotopic (exact) mass is 499 g/mol. The van der Waals surface area contributed by atoms with Crippen LogP contribution < -0.4 is 5.32 Å². The van der Waals surface area contributed by atoms with Gasteiger partial charge in [0.05, 0.1) is 23.0 Å². The summed E-state index contributed by atoms with van der Waals surface area (Å²) >= 11 is 0. The highest BCUT2D eigenvalue weighted by Gasteiger charge is 2.34. The van der Waals surface area contributed by atoms with Crippen molar-refractivity contribution in [2.24, 2.45) is 4.99 Å². The van der Waals surface area contributed by atoms with Crippen LogP contribution in [0.25, 0.3) is 0 Å². The quantitative estimate of drug-likeness (QED) is 0.380. The minimum atomic E-state index is -1.59. The van der Waals surface area contributed by atoms with E-state index >= 15 is 0 Å². The molecular formula is C30H33N3O4. The Bertz CT molecular complexity index is 1250. The molecule has 7 heteroatoms. The fourth-order valence-electron chi connectivity index (χ4n) is 4.68. The number of aliphatic hydroxyl groups is 1. The molecule has 1 aliphatic rings. The van der Waals surface area contributed by atoms with Crippen molar-refractivity contribution in [3.8, 4) is 0 Å². The number of likely N-dealkylation sites (tertiary alicyclic amines) is 1. The van der Waals surface area contributed by atoms with Crippen LogP contribution in [-0.4, -0.2) is 56.9 Å². The van der Waals surface area contributed by atoms with Crippen LogP contribution in [0.5, 0.6) is 0 Å². The Hall–Kier alpha value is -3.81. The second-order valence-electron chi connectivity index (χ2n) is 9.89.